The molecule has 1 saturated heterocycles. The van der Waals surface area contributed by atoms with Crippen LogP contribution < -0.4 is 5.32 Å². The molecule has 0 unspecified atom stereocenters. The van der Waals surface area contributed by atoms with Crippen LogP contribution in [-0.4, -0.2) is 51.4 Å². The molecule has 5 rings (SSSR count). The average Bonchev–Trinajstić information content (AvgIpc) is 3.15. The van der Waals surface area contributed by atoms with E-state index in [0.717, 1.165) is 67.4 Å². The van der Waals surface area contributed by atoms with Crippen LogP contribution in [-0.2, 0) is 20.1 Å². The van der Waals surface area contributed by atoms with Gasteiger partial charge in [-0.15, -0.1) is 0 Å². The average molecular weight is 454 g/mol. The van der Waals surface area contributed by atoms with E-state index in [2.05, 4.69) is 57.1 Å². The van der Waals surface area contributed by atoms with E-state index >= 15 is 0 Å². The molecule has 34 heavy (non-hydrogen) atoms. The summed E-state index contributed by atoms with van der Waals surface area (Å²) in [6.07, 6.45) is 0. The Morgan fingerprint density at radius 3 is 2.35 bits per heavy atom. The Labute approximate surface area is 200 Å². The highest BCUT2D eigenvalue weighted by atomic mass is 16.1. The third-order valence-corrected chi connectivity index (χ3v) is 6.59. The molecule has 1 aliphatic rings. The number of aryl methyl sites for hydroxylation is 2. The second-order valence-corrected chi connectivity index (χ2v) is 9.15. The minimum atomic E-state index is -0.104. The molecule has 0 bridgehead atoms. The number of nitrogens with one attached hydrogen (secondary N) is 1. The maximum atomic E-state index is 12.6. The Balaban J connectivity index is 1.22. The van der Waals surface area contributed by atoms with Crippen LogP contribution in [0, 0.1) is 6.92 Å². The summed E-state index contributed by atoms with van der Waals surface area (Å²) in [6, 6.07) is 24.2. The first kappa shape index (κ1) is 22.3. The number of benzene rings is 3. The number of anilines is 1. The van der Waals surface area contributed by atoms with Crippen molar-refractivity contribution in [3.8, 4) is 0 Å². The smallest absolute Gasteiger partial charge is 0.255 e. The first-order valence-electron chi connectivity index (χ1n) is 11.9. The van der Waals surface area contributed by atoms with Gasteiger partial charge >= 0.3 is 0 Å². The molecule has 0 saturated carbocycles. The highest BCUT2D eigenvalue weighted by Crippen LogP contribution is 2.22. The lowest BCUT2D eigenvalue weighted by atomic mass is 10.1. The predicted octanol–water partition coefficient (Wildman–Crippen LogP) is 4.45. The standard InChI is InChI=1S/C28H31N5O/c1-21-7-6-10-23(17-21)28(34)29-24-11-12-26-25(18-24)30-27(31(26)2)20-33-15-13-32(14-16-33)19-22-8-4-3-5-9-22/h3-12,17-18H,13-16,19-20H2,1-2H3,(H,29,34). The minimum absolute atomic E-state index is 0.104. The molecule has 6 heteroatoms. The highest BCUT2D eigenvalue weighted by Gasteiger charge is 2.19. The van der Waals surface area contributed by atoms with Crippen molar-refractivity contribution < 1.29 is 4.79 Å². The monoisotopic (exact) mass is 453 g/mol. The molecule has 1 fully saturated rings. The van der Waals surface area contributed by atoms with Gasteiger partial charge in [0.05, 0.1) is 17.6 Å². The van der Waals surface area contributed by atoms with Crippen LogP contribution in [0.4, 0.5) is 5.69 Å². The summed E-state index contributed by atoms with van der Waals surface area (Å²) in [5, 5.41) is 3.01. The molecule has 174 valence electrons. The van der Waals surface area contributed by atoms with Crippen molar-refractivity contribution in [2.45, 2.75) is 20.0 Å². The lowest BCUT2D eigenvalue weighted by molar-refractivity contribution is 0.102. The summed E-state index contributed by atoms with van der Waals surface area (Å²) >= 11 is 0. The Hall–Kier alpha value is -3.48. The van der Waals surface area contributed by atoms with Crippen LogP contribution in [0.3, 0.4) is 0 Å². The van der Waals surface area contributed by atoms with E-state index in [1.165, 1.54) is 5.56 Å². The van der Waals surface area contributed by atoms with Crippen LogP contribution in [0.2, 0.25) is 0 Å². The fourth-order valence-corrected chi connectivity index (χ4v) is 4.61. The van der Waals surface area contributed by atoms with Gasteiger partial charge in [-0.25, -0.2) is 4.98 Å². The lowest BCUT2D eigenvalue weighted by Crippen LogP contribution is -2.45. The molecule has 0 spiro atoms. The molecule has 4 aromatic rings. The van der Waals surface area contributed by atoms with Gasteiger partial charge in [-0.2, -0.15) is 0 Å². The number of carbonyl (C=O) groups excluding carboxylic acids is 1. The fraction of sp³-hybridized carbons (Fsp3) is 0.286. The summed E-state index contributed by atoms with van der Waals surface area (Å²) in [5.74, 6) is 0.946. The van der Waals surface area contributed by atoms with Crippen molar-refractivity contribution >= 4 is 22.6 Å². The summed E-state index contributed by atoms with van der Waals surface area (Å²) in [6.45, 7) is 8.03. The van der Waals surface area contributed by atoms with Crippen molar-refractivity contribution in [3.05, 3.63) is 95.3 Å². The Bertz CT molecular complexity index is 1290. The molecule has 3 aromatic carbocycles. The number of piperazine rings is 1. The molecule has 1 N–H and O–H groups in total. The fourth-order valence-electron chi connectivity index (χ4n) is 4.61. The summed E-state index contributed by atoms with van der Waals surface area (Å²) in [5.41, 5.74) is 5.84. The van der Waals surface area contributed by atoms with E-state index in [4.69, 9.17) is 4.98 Å². The third-order valence-electron chi connectivity index (χ3n) is 6.59. The quantitative estimate of drug-likeness (QED) is 0.469. The van der Waals surface area contributed by atoms with Crippen molar-refractivity contribution in [1.29, 1.82) is 0 Å². The van der Waals surface area contributed by atoms with Gasteiger partial charge < -0.3 is 9.88 Å². The zero-order chi connectivity index (χ0) is 23.5. The first-order chi connectivity index (χ1) is 16.5. The number of hydrogen-bond donors (Lipinski definition) is 1. The zero-order valence-corrected chi connectivity index (χ0v) is 19.9. The molecule has 0 aliphatic carbocycles. The maximum Gasteiger partial charge on any atom is 0.255 e. The van der Waals surface area contributed by atoms with Crippen molar-refractivity contribution in [3.63, 3.8) is 0 Å². The van der Waals surface area contributed by atoms with E-state index < -0.39 is 0 Å². The molecule has 1 amide bonds. The van der Waals surface area contributed by atoms with Crippen LogP contribution in [0.1, 0.15) is 27.3 Å². The molecule has 6 nitrogen and oxygen atoms in total. The van der Waals surface area contributed by atoms with E-state index in [1.54, 1.807) is 0 Å². The van der Waals surface area contributed by atoms with Gasteiger partial charge in [0.2, 0.25) is 0 Å². The van der Waals surface area contributed by atoms with Gasteiger partial charge in [0.25, 0.3) is 5.91 Å². The molecular weight excluding hydrogens is 422 g/mol. The van der Waals surface area contributed by atoms with E-state index in [1.807, 2.05) is 49.4 Å². The SMILES string of the molecule is Cc1cccc(C(=O)Nc2ccc3c(c2)nc(CN2CCN(Cc4ccccc4)CC2)n3C)c1. The first-order valence-corrected chi connectivity index (χ1v) is 11.9. The number of imidazole rings is 1. The van der Waals surface area contributed by atoms with Crippen molar-refractivity contribution in [2.24, 2.45) is 7.05 Å². The van der Waals surface area contributed by atoms with Crippen molar-refractivity contribution in [2.75, 3.05) is 31.5 Å². The normalized spacial score (nSPS) is 15.0. The Kier molecular flexibility index (Phi) is 6.43. The Morgan fingerprint density at radius 2 is 1.62 bits per heavy atom. The van der Waals surface area contributed by atoms with Gasteiger partial charge in [-0.3, -0.25) is 14.6 Å². The third kappa shape index (κ3) is 5.03. The zero-order valence-electron chi connectivity index (χ0n) is 19.9. The second kappa shape index (κ2) is 9.79. The second-order valence-electron chi connectivity index (χ2n) is 9.15. The molecule has 0 atom stereocenters. The van der Waals surface area contributed by atoms with Gasteiger partial charge in [0.1, 0.15) is 5.82 Å². The molecule has 1 aromatic heterocycles. The molecule has 1 aliphatic heterocycles. The van der Waals surface area contributed by atoms with Gasteiger partial charge in [-0.05, 0) is 42.8 Å². The van der Waals surface area contributed by atoms with Crippen LogP contribution in [0.15, 0.2) is 72.8 Å². The summed E-state index contributed by atoms with van der Waals surface area (Å²) < 4.78 is 2.16. The van der Waals surface area contributed by atoms with Gasteiger partial charge in [0.15, 0.2) is 0 Å². The molecular formula is C28H31N5O. The predicted molar refractivity (Wildman–Crippen MR) is 137 cm³/mol. The largest absolute Gasteiger partial charge is 0.330 e. The topological polar surface area (TPSA) is 53.4 Å². The van der Waals surface area contributed by atoms with Gasteiger partial charge in [-0.1, -0.05) is 48.0 Å². The summed E-state index contributed by atoms with van der Waals surface area (Å²) in [4.78, 5) is 22.5. The number of fused-ring (bicyclic) bond motifs is 1. The van der Waals surface area contributed by atoms with Crippen molar-refractivity contribution in [1.82, 2.24) is 19.4 Å². The highest BCUT2D eigenvalue weighted by molar-refractivity contribution is 6.05. The van der Waals surface area contributed by atoms with E-state index in [9.17, 15) is 4.79 Å². The van der Waals surface area contributed by atoms with Crippen LogP contribution in [0.25, 0.3) is 11.0 Å². The van der Waals surface area contributed by atoms with Crippen LogP contribution in [0.5, 0.6) is 0 Å². The van der Waals surface area contributed by atoms with E-state index in [0.29, 0.717) is 5.56 Å². The maximum absolute atomic E-state index is 12.6. The van der Waals surface area contributed by atoms with E-state index in [-0.39, 0.29) is 5.91 Å². The minimum Gasteiger partial charge on any atom is -0.330 e. The summed E-state index contributed by atoms with van der Waals surface area (Å²) in [7, 11) is 2.07. The molecule has 2 heterocycles. The Morgan fingerprint density at radius 1 is 0.882 bits per heavy atom. The lowest BCUT2D eigenvalue weighted by Gasteiger charge is -2.34. The number of amides is 1. The molecule has 0 radical (unpaired) electrons. The number of hydrogen-bond acceptors (Lipinski definition) is 4. The number of carbonyl (C=O) groups is 1. The number of rotatable bonds is 6. The number of nitrogens with zero attached hydrogens (tertiary/aromatic N) is 4. The van der Waals surface area contributed by atoms with Crippen LogP contribution >= 0.6 is 0 Å². The van der Waals surface area contributed by atoms with Gasteiger partial charge in [0, 0.05) is 51.0 Å². The number of aromatic nitrogens is 2.